The third kappa shape index (κ3) is 3.15. The molecular weight excluding hydrogens is 275 g/mol. The molecule has 1 heterocycles. The first-order valence-corrected chi connectivity index (χ1v) is 6.80. The highest BCUT2D eigenvalue weighted by Gasteiger charge is 2.47. The van der Waals surface area contributed by atoms with Crippen molar-refractivity contribution < 1.29 is 18.3 Å². The molecule has 3 nitrogen and oxygen atoms in total. The number of halogens is 2. The Labute approximate surface area is 124 Å². The fourth-order valence-electron chi connectivity index (χ4n) is 3.01. The van der Waals surface area contributed by atoms with Crippen LogP contribution in [-0.4, -0.2) is 36.4 Å². The lowest BCUT2D eigenvalue weighted by atomic mass is 9.96. The third-order valence-electron chi connectivity index (χ3n) is 3.65. The van der Waals surface area contributed by atoms with Crippen LogP contribution in [0.15, 0.2) is 30.9 Å². The average molecular weight is 293 g/mol. The van der Waals surface area contributed by atoms with Gasteiger partial charge in [-0.1, -0.05) is 6.08 Å². The van der Waals surface area contributed by atoms with Gasteiger partial charge in [0.05, 0.1) is 12.1 Å². The van der Waals surface area contributed by atoms with Gasteiger partial charge in [-0.3, -0.25) is 4.79 Å². The van der Waals surface area contributed by atoms with Crippen LogP contribution in [0.5, 0.6) is 0 Å². The summed E-state index contributed by atoms with van der Waals surface area (Å²) in [5.74, 6) is -1.41. The molecule has 2 atom stereocenters. The first-order valence-electron chi connectivity index (χ1n) is 6.80. The zero-order chi connectivity index (χ0) is 15.8. The van der Waals surface area contributed by atoms with E-state index in [1.807, 2.05) is 0 Å². The molecule has 112 valence electrons. The molecule has 0 unspecified atom stereocenters. The van der Waals surface area contributed by atoms with Gasteiger partial charge in [0, 0.05) is 6.07 Å². The van der Waals surface area contributed by atoms with Gasteiger partial charge in [0.1, 0.15) is 17.4 Å². The van der Waals surface area contributed by atoms with Gasteiger partial charge >= 0.3 is 0 Å². The minimum Gasteiger partial charge on any atom is -0.347 e. The van der Waals surface area contributed by atoms with Gasteiger partial charge in [-0.15, -0.1) is 6.58 Å². The molecule has 0 radical (unpaired) electrons. The maximum atomic E-state index is 13.3. The van der Waals surface area contributed by atoms with Gasteiger partial charge in [0.15, 0.2) is 5.81 Å². The van der Waals surface area contributed by atoms with E-state index in [0.29, 0.717) is 12.0 Å². The molecule has 0 saturated carbocycles. The van der Waals surface area contributed by atoms with Crippen LogP contribution in [0.1, 0.15) is 19.4 Å². The Bertz CT molecular complexity index is 557. The van der Waals surface area contributed by atoms with E-state index >= 15 is 0 Å². The Morgan fingerprint density at radius 2 is 2.00 bits per heavy atom. The molecular formula is C15H18BF2NO2. The molecule has 0 aliphatic carbocycles. The first-order chi connectivity index (χ1) is 9.74. The molecule has 1 aromatic rings. The lowest BCUT2D eigenvalue weighted by Crippen LogP contribution is -2.48. The van der Waals surface area contributed by atoms with Gasteiger partial charge < -0.3 is 9.64 Å². The third-order valence-corrected chi connectivity index (χ3v) is 3.65. The number of rotatable bonds is 3. The van der Waals surface area contributed by atoms with Crippen LogP contribution in [-0.2, 0) is 11.2 Å². The second-order valence-electron chi connectivity index (χ2n) is 5.70. The monoisotopic (exact) mass is 293 g/mol. The molecule has 1 amide bonds. The minimum atomic E-state index is -0.777. The molecule has 1 saturated heterocycles. The highest BCUT2D eigenvalue weighted by molar-refractivity contribution is 6.57. The highest BCUT2D eigenvalue weighted by Crippen LogP contribution is 2.34. The molecule has 1 aliphatic heterocycles. The van der Waals surface area contributed by atoms with Crippen molar-refractivity contribution in [2.45, 2.75) is 38.1 Å². The van der Waals surface area contributed by atoms with Gasteiger partial charge in [0.2, 0.25) is 7.85 Å². The Morgan fingerprint density at radius 3 is 2.48 bits per heavy atom. The van der Waals surface area contributed by atoms with Gasteiger partial charge in [0.25, 0.3) is 0 Å². The molecule has 0 spiro atoms. The van der Waals surface area contributed by atoms with E-state index in [9.17, 15) is 13.6 Å². The first kappa shape index (κ1) is 15.7. The maximum absolute atomic E-state index is 13.3. The normalized spacial score (nSPS) is 24.1. The summed E-state index contributed by atoms with van der Waals surface area (Å²) in [5.41, 5.74) is -0.293. The second kappa shape index (κ2) is 5.60. The zero-order valence-electron chi connectivity index (χ0n) is 12.4. The van der Waals surface area contributed by atoms with Crippen LogP contribution in [0, 0.1) is 11.6 Å². The van der Waals surface area contributed by atoms with Crippen LogP contribution >= 0.6 is 0 Å². The molecule has 0 aromatic heterocycles. The smallest absolute Gasteiger partial charge is 0.216 e. The zero-order valence-corrected chi connectivity index (χ0v) is 12.4. The summed E-state index contributed by atoms with van der Waals surface area (Å²) in [6, 6.07) is 3.03. The molecule has 0 N–H and O–H groups in total. The molecule has 0 bridgehead atoms. The maximum Gasteiger partial charge on any atom is 0.216 e. The summed E-state index contributed by atoms with van der Waals surface area (Å²) in [6.45, 7) is 7.30. The van der Waals surface area contributed by atoms with Crippen LogP contribution in [0.3, 0.4) is 0 Å². The topological polar surface area (TPSA) is 29.5 Å². The van der Waals surface area contributed by atoms with E-state index in [-0.39, 0.29) is 18.0 Å². The highest BCUT2D eigenvalue weighted by atomic mass is 19.1. The SMILES string of the molecule is BC(=O)N1[C@@H](Cc2cc(F)cc(F)c2)[C@@H](C=C)OC1(C)C. The van der Waals surface area contributed by atoms with Crippen LogP contribution in [0.25, 0.3) is 0 Å². The molecule has 6 heteroatoms. The van der Waals surface area contributed by atoms with E-state index < -0.39 is 17.4 Å². The van der Waals surface area contributed by atoms with Crippen molar-refractivity contribution in [1.29, 1.82) is 0 Å². The van der Waals surface area contributed by atoms with Crippen LogP contribution < -0.4 is 0 Å². The Morgan fingerprint density at radius 1 is 1.43 bits per heavy atom. The largest absolute Gasteiger partial charge is 0.347 e. The number of nitrogens with zero attached hydrogens (tertiary/aromatic N) is 1. The number of carbonyl (C=O) groups is 1. The Hall–Kier alpha value is -1.69. The van der Waals surface area contributed by atoms with Crippen molar-refractivity contribution in [2.75, 3.05) is 0 Å². The summed E-state index contributed by atoms with van der Waals surface area (Å²) in [6.07, 6.45) is 1.54. The van der Waals surface area contributed by atoms with E-state index in [1.165, 1.54) is 20.0 Å². The van der Waals surface area contributed by atoms with Crippen molar-refractivity contribution in [3.05, 3.63) is 48.1 Å². The number of hydrogen-bond donors (Lipinski definition) is 0. The van der Waals surface area contributed by atoms with Gasteiger partial charge in [-0.2, -0.15) is 0 Å². The van der Waals surface area contributed by atoms with Crippen molar-refractivity contribution in [1.82, 2.24) is 4.90 Å². The van der Waals surface area contributed by atoms with E-state index in [1.54, 1.807) is 24.8 Å². The number of hydrogen-bond acceptors (Lipinski definition) is 2. The molecule has 1 aliphatic rings. The predicted octanol–water partition coefficient (Wildman–Crippen LogP) is 2.25. The fraction of sp³-hybridized carbons (Fsp3) is 0.400. The van der Waals surface area contributed by atoms with Crippen LogP contribution in [0.4, 0.5) is 13.6 Å². The summed E-state index contributed by atoms with van der Waals surface area (Å²) >= 11 is 0. The average Bonchev–Trinajstić information content (AvgIpc) is 2.58. The minimum absolute atomic E-state index is 0.147. The molecule has 2 rings (SSSR count). The summed E-state index contributed by atoms with van der Waals surface area (Å²) in [5, 5.41) is 0. The molecule has 21 heavy (non-hydrogen) atoms. The number of carbonyl (C=O) groups excluding carboxylic acids is 1. The Kier molecular flexibility index (Phi) is 4.19. The lowest BCUT2D eigenvalue weighted by Gasteiger charge is -2.33. The summed E-state index contributed by atoms with van der Waals surface area (Å²) in [7, 11) is 1.45. The number of amides is 1. The van der Waals surface area contributed by atoms with E-state index in [0.717, 1.165) is 6.07 Å². The van der Waals surface area contributed by atoms with Crippen molar-refractivity contribution >= 4 is 13.7 Å². The Balaban J connectivity index is 2.34. The van der Waals surface area contributed by atoms with Crippen LogP contribution in [0.2, 0.25) is 0 Å². The second-order valence-corrected chi connectivity index (χ2v) is 5.70. The fourth-order valence-corrected chi connectivity index (χ4v) is 3.01. The van der Waals surface area contributed by atoms with E-state index in [4.69, 9.17) is 4.74 Å². The van der Waals surface area contributed by atoms with Gasteiger partial charge in [-0.25, -0.2) is 8.78 Å². The van der Waals surface area contributed by atoms with Crippen molar-refractivity contribution in [2.24, 2.45) is 0 Å². The van der Waals surface area contributed by atoms with Gasteiger partial charge in [-0.05, 0) is 38.0 Å². The predicted molar refractivity (Wildman–Crippen MR) is 78.8 cm³/mol. The number of ether oxygens (including phenoxy) is 1. The quantitative estimate of drug-likeness (QED) is 0.632. The lowest BCUT2D eigenvalue weighted by molar-refractivity contribution is -0.0452. The summed E-state index contributed by atoms with van der Waals surface area (Å²) < 4.78 is 32.5. The van der Waals surface area contributed by atoms with E-state index in [2.05, 4.69) is 6.58 Å². The molecule has 1 fully saturated rings. The molecule has 1 aromatic carbocycles. The summed E-state index contributed by atoms with van der Waals surface area (Å²) in [4.78, 5) is 13.5. The van der Waals surface area contributed by atoms with Crippen molar-refractivity contribution in [3.8, 4) is 0 Å². The standard InChI is InChI=1S/C15H18BF2NO2/c1-4-13-12(19(14(16)20)15(2,3)21-13)7-9-5-10(17)8-11(18)6-9/h4-6,8,12-13H,1,7,16H2,2-3H3/t12-,13+/m0/s1. The number of benzene rings is 1. The van der Waals surface area contributed by atoms with Crippen molar-refractivity contribution in [3.63, 3.8) is 0 Å².